The van der Waals surface area contributed by atoms with Gasteiger partial charge in [-0.25, -0.2) is 0 Å². The monoisotopic (exact) mass is 178 g/mol. The molecule has 0 atom stereocenters. The van der Waals surface area contributed by atoms with Crippen LogP contribution in [0, 0.1) is 0 Å². The van der Waals surface area contributed by atoms with Crippen LogP contribution in [0.25, 0.3) is 0 Å². The van der Waals surface area contributed by atoms with Crippen LogP contribution in [0.15, 0.2) is 41.9 Å². The van der Waals surface area contributed by atoms with Crippen LogP contribution in [0.5, 0.6) is 0 Å². The van der Waals surface area contributed by atoms with Gasteiger partial charge >= 0.3 is 0 Å². The zero-order chi connectivity index (χ0) is 9.68. The number of benzene rings is 1. The minimum atomic E-state index is 0.232. The van der Waals surface area contributed by atoms with Crippen molar-refractivity contribution in [3.05, 3.63) is 47.4 Å². The number of rotatable bonds is 3. The molecule has 0 amide bonds. The van der Waals surface area contributed by atoms with E-state index in [1.54, 1.807) is 13.8 Å². The summed E-state index contributed by atoms with van der Waals surface area (Å²) in [5, 5.41) is 9.05. The molecule has 0 spiro atoms. The molecule has 1 aromatic carbocycles. The Morgan fingerprint density at radius 3 is 2.38 bits per heavy atom. The van der Waals surface area contributed by atoms with Crippen LogP contribution in [-0.4, -0.2) is 5.11 Å². The van der Waals surface area contributed by atoms with Gasteiger partial charge in [-0.3, -0.25) is 0 Å². The maximum Gasteiger partial charge on any atom is 0.130 e. The number of ether oxygens (including phenoxy) is 1. The SMILES string of the molecule is C/C(O)=C(/C)OCc1ccccc1. The molecule has 2 nitrogen and oxygen atoms in total. The zero-order valence-corrected chi connectivity index (χ0v) is 7.95. The van der Waals surface area contributed by atoms with Crippen LogP contribution in [-0.2, 0) is 11.3 Å². The molecule has 0 heterocycles. The molecule has 0 saturated heterocycles. The molecule has 1 rings (SSSR count). The number of allylic oxidation sites excluding steroid dienone is 2. The number of aliphatic hydroxyl groups is 1. The summed E-state index contributed by atoms with van der Waals surface area (Å²) in [7, 11) is 0. The topological polar surface area (TPSA) is 29.5 Å². The quantitative estimate of drug-likeness (QED) is 0.721. The number of aliphatic hydroxyl groups excluding tert-OH is 1. The first kappa shape index (κ1) is 9.65. The maximum atomic E-state index is 9.05. The highest BCUT2D eigenvalue weighted by molar-refractivity contribution is 5.13. The molecule has 1 N–H and O–H groups in total. The second-order valence-electron chi connectivity index (χ2n) is 2.92. The Hall–Kier alpha value is -1.44. The predicted molar refractivity (Wildman–Crippen MR) is 52.2 cm³/mol. The molecular formula is C11H14O2. The minimum Gasteiger partial charge on any atom is -0.509 e. The van der Waals surface area contributed by atoms with Crippen molar-refractivity contribution in [2.45, 2.75) is 20.5 Å². The molecule has 2 heteroatoms. The summed E-state index contributed by atoms with van der Waals surface area (Å²) in [5.41, 5.74) is 1.10. The average Bonchev–Trinajstić information content (AvgIpc) is 2.15. The van der Waals surface area contributed by atoms with Crippen molar-refractivity contribution in [1.29, 1.82) is 0 Å². The summed E-state index contributed by atoms with van der Waals surface area (Å²) in [6, 6.07) is 9.86. The van der Waals surface area contributed by atoms with Crippen molar-refractivity contribution in [3.63, 3.8) is 0 Å². The number of hydrogen-bond acceptors (Lipinski definition) is 2. The molecule has 0 bridgehead atoms. The van der Waals surface area contributed by atoms with Gasteiger partial charge in [0, 0.05) is 0 Å². The van der Waals surface area contributed by atoms with E-state index in [-0.39, 0.29) is 5.76 Å². The molecule has 0 aliphatic rings. The second-order valence-corrected chi connectivity index (χ2v) is 2.92. The lowest BCUT2D eigenvalue weighted by atomic mass is 10.2. The first-order valence-electron chi connectivity index (χ1n) is 4.23. The lowest BCUT2D eigenvalue weighted by molar-refractivity contribution is 0.180. The number of hydrogen-bond donors (Lipinski definition) is 1. The fraction of sp³-hybridized carbons (Fsp3) is 0.273. The smallest absolute Gasteiger partial charge is 0.130 e. The first-order valence-corrected chi connectivity index (χ1v) is 4.23. The third kappa shape index (κ3) is 3.20. The van der Waals surface area contributed by atoms with Gasteiger partial charge in [0.05, 0.1) is 0 Å². The van der Waals surface area contributed by atoms with Gasteiger partial charge in [-0.15, -0.1) is 0 Å². The van der Waals surface area contributed by atoms with Crippen molar-refractivity contribution in [2.75, 3.05) is 0 Å². The Kier molecular flexibility index (Phi) is 3.38. The average molecular weight is 178 g/mol. The van der Waals surface area contributed by atoms with Gasteiger partial charge in [0.25, 0.3) is 0 Å². The van der Waals surface area contributed by atoms with Crippen LogP contribution in [0.2, 0.25) is 0 Å². The Morgan fingerprint density at radius 2 is 1.85 bits per heavy atom. The maximum absolute atomic E-state index is 9.05. The second kappa shape index (κ2) is 4.55. The van der Waals surface area contributed by atoms with Crippen molar-refractivity contribution in [2.24, 2.45) is 0 Å². The van der Waals surface area contributed by atoms with Gasteiger partial charge in [-0.2, -0.15) is 0 Å². The van der Waals surface area contributed by atoms with E-state index in [1.807, 2.05) is 30.3 Å². The Balaban J connectivity index is 2.49. The highest BCUT2D eigenvalue weighted by Crippen LogP contribution is 2.07. The Labute approximate surface area is 78.5 Å². The summed E-state index contributed by atoms with van der Waals surface area (Å²) in [6.45, 7) is 3.86. The third-order valence-electron chi connectivity index (χ3n) is 1.81. The zero-order valence-electron chi connectivity index (χ0n) is 7.95. The van der Waals surface area contributed by atoms with Gasteiger partial charge in [0.2, 0.25) is 0 Å². The van der Waals surface area contributed by atoms with E-state index in [0.717, 1.165) is 5.56 Å². The van der Waals surface area contributed by atoms with Gasteiger partial charge in [0.1, 0.15) is 18.1 Å². The van der Waals surface area contributed by atoms with Crippen LogP contribution in [0.3, 0.4) is 0 Å². The van der Waals surface area contributed by atoms with Crippen molar-refractivity contribution >= 4 is 0 Å². The van der Waals surface area contributed by atoms with Crippen LogP contribution >= 0.6 is 0 Å². The molecule has 0 aliphatic heterocycles. The summed E-state index contributed by atoms with van der Waals surface area (Å²) < 4.78 is 5.32. The van der Waals surface area contributed by atoms with Gasteiger partial charge < -0.3 is 9.84 Å². The lowest BCUT2D eigenvalue weighted by Gasteiger charge is -2.06. The van der Waals surface area contributed by atoms with Crippen LogP contribution in [0.4, 0.5) is 0 Å². The van der Waals surface area contributed by atoms with Crippen molar-refractivity contribution in [1.82, 2.24) is 0 Å². The Morgan fingerprint density at radius 1 is 1.23 bits per heavy atom. The molecule has 0 unspecified atom stereocenters. The fourth-order valence-electron chi connectivity index (χ4n) is 0.870. The highest BCUT2D eigenvalue weighted by Gasteiger charge is 1.96. The molecule has 0 saturated carbocycles. The largest absolute Gasteiger partial charge is 0.509 e. The lowest BCUT2D eigenvalue weighted by Crippen LogP contribution is -1.92. The molecule has 70 valence electrons. The van der Waals surface area contributed by atoms with Crippen molar-refractivity contribution < 1.29 is 9.84 Å². The molecule has 1 aromatic rings. The van der Waals surface area contributed by atoms with Gasteiger partial charge in [0.15, 0.2) is 0 Å². The van der Waals surface area contributed by atoms with E-state index in [2.05, 4.69) is 0 Å². The highest BCUT2D eigenvalue weighted by atomic mass is 16.5. The molecule has 0 aromatic heterocycles. The van der Waals surface area contributed by atoms with Crippen LogP contribution in [0.1, 0.15) is 19.4 Å². The summed E-state index contributed by atoms with van der Waals surface area (Å²) in [4.78, 5) is 0. The van der Waals surface area contributed by atoms with Crippen LogP contribution < -0.4 is 0 Å². The first-order chi connectivity index (χ1) is 6.20. The molecular weight excluding hydrogens is 164 g/mol. The predicted octanol–water partition coefficient (Wildman–Crippen LogP) is 3.01. The Bertz CT molecular complexity index is 284. The normalized spacial score (nSPS) is 12.2. The summed E-state index contributed by atoms with van der Waals surface area (Å²) in [5.74, 6) is 0.805. The molecule has 0 radical (unpaired) electrons. The van der Waals surface area contributed by atoms with Gasteiger partial charge in [-0.1, -0.05) is 30.3 Å². The molecule has 0 aliphatic carbocycles. The standard InChI is InChI=1S/C11H14O2/c1-9(12)10(2)13-8-11-6-4-3-5-7-11/h3-7,12H,8H2,1-2H3/b10-9+. The van der Waals surface area contributed by atoms with E-state index in [0.29, 0.717) is 12.4 Å². The van der Waals surface area contributed by atoms with E-state index in [4.69, 9.17) is 9.84 Å². The third-order valence-corrected chi connectivity index (χ3v) is 1.81. The fourth-order valence-corrected chi connectivity index (χ4v) is 0.870. The minimum absolute atomic E-state index is 0.232. The molecule has 0 fully saturated rings. The van der Waals surface area contributed by atoms with Crippen molar-refractivity contribution in [3.8, 4) is 0 Å². The van der Waals surface area contributed by atoms with E-state index >= 15 is 0 Å². The summed E-state index contributed by atoms with van der Waals surface area (Å²) >= 11 is 0. The van der Waals surface area contributed by atoms with E-state index in [1.165, 1.54) is 0 Å². The van der Waals surface area contributed by atoms with E-state index in [9.17, 15) is 0 Å². The molecule has 13 heavy (non-hydrogen) atoms. The van der Waals surface area contributed by atoms with E-state index < -0.39 is 0 Å². The summed E-state index contributed by atoms with van der Waals surface area (Å²) in [6.07, 6.45) is 0. The van der Waals surface area contributed by atoms with Gasteiger partial charge in [-0.05, 0) is 19.4 Å².